The summed E-state index contributed by atoms with van der Waals surface area (Å²) in [6, 6.07) is 14.9. The molecule has 2 heterocycles. The van der Waals surface area contributed by atoms with Gasteiger partial charge in [-0.05, 0) is 43.7 Å². The van der Waals surface area contributed by atoms with Crippen LogP contribution in [0.4, 0.5) is 4.39 Å². The van der Waals surface area contributed by atoms with E-state index in [0.717, 1.165) is 35.7 Å². The van der Waals surface area contributed by atoms with E-state index in [0.29, 0.717) is 25.2 Å². The second-order valence-electron chi connectivity index (χ2n) is 7.83. The lowest BCUT2D eigenvalue weighted by atomic mass is 10.1. The van der Waals surface area contributed by atoms with Crippen molar-refractivity contribution >= 4 is 5.91 Å². The van der Waals surface area contributed by atoms with Gasteiger partial charge in [0.2, 0.25) is 0 Å². The number of nitrogens with zero attached hydrogens (tertiary/aromatic N) is 4. The first kappa shape index (κ1) is 21.1. The van der Waals surface area contributed by atoms with E-state index in [9.17, 15) is 9.18 Å². The third-order valence-corrected chi connectivity index (χ3v) is 5.79. The highest BCUT2D eigenvalue weighted by Gasteiger charge is 2.27. The van der Waals surface area contributed by atoms with E-state index < -0.39 is 0 Å². The number of hydrogen-bond donors (Lipinski definition) is 0. The first-order valence-electron chi connectivity index (χ1n) is 10.4. The molecule has 31 heavy (non-hydrogen) atoms. The molecule has 0 saturated carbocycles. The van der Waals surface area contributed by atoms with Crippen LogP contribution in [0.2, 0.25) is 0 Å². The van der Waals surface area contributed by atoms with Crippen molar-refractivity contribution < 1.29 is 13.9 Å². The third kappa shape index (κ3) is 4.32. The van der Waals surface area contributed by atoms with E-state index in [1.807, 2.05) is 59.8 Å². The molecule has 0 bridgehead atoms. The Morgan fingerprint density at radius 2 is 1.77 bits per heavy atom. The van der Waals surface area contributed by atoms with Crippen molar-refractivity contribution in [3.05, 3.63) is 76.9 Å². The Morgan fingerprint density at radius 3 is 2.42 bits per heavy atom. The Hall–Kier alpha value is -3.19. The van der Waals surface area contributed by atoms with Crippen LogP contribution in [0.1, 0.15) is 27.3 Å². The molecule has 4 rings (SSSR count). The monoisotopic (exact) mass is 422 g/mol. The maximum atomic E-state index is 14.0. The van der Waals surface area contributed by atoms with Gasteiger partial charge < -0.3 is 9.64 Å². The Morgan fingerprint density at radius 1 is 1.06 bits per heavy atom. The number of amides is 1. The number of aromatic nitrogens is 2. The average molecular weight is 423 g/mol. The maximum Gasteiger partial charge on any atom is 0.257 e. The van der Waals surface area contributed by atoms with Gasteiger partial charge in [-0.1, -0.05) is 24.3 Å². The van der Waals surface area contributed by atoms with Crippen molar-refractivity contribution in [2.45, 2.75) is 20.4 Å². The van der Waals surface area contributed by atoms with Crippen LogP contribution >= 0.6 is 0 Å². The maximum absolute atomic E-state index is 14.0. The van der Waals surface area contributed by atoms with Crippen LogP contribution in [-0.2, 0) is 6.54 Å². The summed E-state index contributed by atoms with van der Waals surface area (Å²) < 4.78 is 20.8. The second kappa shape index (κ2) is 8.89. The van der Waals surface area contributed by atoms with Crippen LogP contribution in [-0.4, -0.2) is 58.8 Å². The van der Waals surface area contributed by atoms with E-state index in [-0.39, 0.29) is 17.5 Å². The number of aryl methyl sites for hydroxylation is 1. The first-order valence-corrected chi connectivity index (χ1v) is 10.4. The number of carbonyl (C=O) groups is 1. The van der Waals surface area contributed by atoms with Gasteiger partial charge in [0.15, 0.2) is 11.6 Å². The molecule has 0 aliphatic carbocycles. The summed E-state index contributed by atoms with van der Waals surface area (Å²) >= 11 is 0. The minimum atomic E-state index is -0.352. The van der Waals surface area contributed by atoms with Crippen molar-refractivity contribution in [1.29, 1.82) is 0 Å². The van der Waals surface area contributed by atoms with Gasteiger partial charge in [-0.3, -0.25) is 9.69 Å². The van der Waals surface area contributed by atoms with Crippen LogP contribution < -0.4 is 4.74 Å². The molecule has 0 atom stereocenters. The van der Waals surface area contributed by atoms with Crippen molar-refractivity contribution in [3.8, 4) is 11.4 Å². The fraction of sp³-hybridized carbons (Fsp3) is 0.333. The molecule has 1 aliphatic rings. The van der Waals surface area contributed by atoms with Gasteiger partial charge in [0.05, 0.1) is 29.7 Å². The molecule has 162 valence electrons. The fourth-order valence-electron chi connectivity index (χ4n) is 4.11. The molecule has 3 aromatic rings. The van der Waals surface area contributed by atoms with E-state index in [1.54, 1.807) is 6.07 Å². The van der Waals surface area contributed by atoms with E-state index in [1.165, 1.54) is 13.2 Å². The topological polar surface area (TPSA) is 50.6 Å². The lowest BCUT2D eigenvalue weighted by Gasteiger charge is -2.34. The highest BCUT2D eigenvalue weighted by molar-refractivity contribution is 5.96. The summed E-state index contributed by atoms with van der Waals surface area (Å²) in [5, 5.41) is 4.60. The standard InChI is InChI=1S/C24H27FN4O2/c1-17-23(18(2)29(26-17)20-7-5-4-6-8-20)24(30)28-13-11-27(12-14-28)16-19-9-10-22(31-3)21(25)15-19/h4-10,15H,11-14,16H2,1-3H3. The summed E-state index contributed by atoms with van der Waals surface area (Å²) in [6.45, 7) is 7.21. The molecule has 0 spiro atoms. The highest BCUT2D eigenvalue weighted by Crippen LogP contribution is 2.22. The summed E-state index contributed by atoms with van der Waals surface area (Å²) in [6.07, 6.45) is 0. The largest absolute Gasteiger partial charge is 0.494 e. The number of hydrogen-bond acceptors (Lipinski definition) is 4. The first-order chi connectivity index (χ1) is 15.0. The molecule has 1 aromatic heterocycles. The summed E-state index contributed by atoms with van der Waals surface area (Å²) in [5.74, 6) is -0.0801. The van der Waals surface area contributed by atoms with Crippen molar-refractivity contribution in [1.82, 2.24) is 19.6 Å². The van der Waals surface area contributed by atoms with Gasteiger partial charge in [0, 0.05) is 32.7 Å². The van der Waals surface area contributed by atoms with Crippen LogP contribution in [0, 0.1) is 19.7 Å². The SMILES string of the molecule is COc1ccc(CN2CCN(C(=O)c3c(C)nn(-c4ccccc4)c3C)CC2)cc1F. The molecule has 1 saturated heterocycles. The van der Waals surface area contributed by atoms with Gasteiger partial charge >= 0.3 is 0 Å². The second-order valence-corrected chi connectivity index (χ2v) is 7.83. The quantitative estimate of drug-likeness (QED) is 0.631. The number of rotatable bonds is 5. The van der Waals surface area contributed by atoms with Crippen molar-refractivity contribution in [2.24, 2.45) is 0 Å². The minimum Gasteiger partial charge on any atom is -0.494 e. The van der Waals surface area contributed by atoms with Crippen LogP contribution in [0.5, 0.6) is 5.75 Å². The molecule has 0 unspecified atom stereocenters. The fourth-order valence-corrected chi connectivity index (χ4v) is 4.11. The molecule has 1 amide bonds. The molecule has 0 N–H and O–H groups in total. The number of benzene rings is 2. The highest BCUT2D eigenvalue weighted by atomic mass is 19.1. The number of halogens is 1. The molecule has 2 aromatic carbocycles. The Balaban J connectivity index is 1.42. The van der Waals surface area contributed by atoms with Crippen molar-refractivity contribution in [3.63, 3.8) is 0 Å². The van der Waals surface area contributed by atoms with Gasteiger partial charge in [0.1, 0.15) is 0 Å². The molecular weight excluding hydrogens is 395 g/mol. The lowest BCUT2D eigenvalue weighted by molar-refractivity contribution is 0.0627. The predicted molar refractivity (Wildman–Crippen MR) is 117 cm³/mol. The number of methoxy groups -OCH3 is 1. The Kier molecular flexibility index (Phi) is 6.04. The lowest BCUT2D eigenvalue weighted by Crippen LogP contribution is -2.48. The van der Waals surface area contributed by atoms with Crippen LogP contribution in [0.25, 0.3) is 5.69 Å². The average Bonchev–Trinajstić information content (AvgIpc) is 3.08. The number of piperazine rings is 1. The summed E-state index contributed by atoms with van der Waals surface area (Å²) in [4.78, 5) is 17.4. The van der Waals surface area contributed by atoms with Gasteiger partial charge in [-0.25, -0.2) is 9.07 Å². The molecule has 1 fully saturated rings. The summed E-state index contributed by atoms with van der Waals surface area (Å²) in [7, 11) is 1.46. The van der Waals surface area contributed by atoms with Crippen LogP contribution in [0.15, 0.2) is 48.5 Å². The zero-order valence-electron chi connectivity index (χ0n) is 18.1. The van der Waals surface area contributed by atoms with E-state index in [2.05, 4.69) is 10.00 Å². The molecule has 1 aliphatic heterocycles. The zero-order chi connectivity index (χ0) is 22.0. The van der Waals surface area contributed by atoms with Gasteiger partial charge in [-0.15, -0.1) is 0 Å². The zero-order valence-corrected chi connectivity index (χ0v) is 18.1. The molecular formula is C24H27FN4O2. The van der Waals surface area contributed by atoms with Crippen molar-refractivity contribution in [2.75, 3.05) is 33.3 Å². The molecule has 6 nitrogen and oxygen atoms in total. The van der Waals surface area contributed by atoms with E-state index in [4.69, 9.17) is 4.74 Å². The Labute approximate surface area is 181 Å². The Bertz CT molecular complexity index is 1070. The predicted octanol–water partition coefficient (Wildman–Crippen LogP) is 3.59. The van der Waals surface area contributed by atoms with Gasteiger partial charge in [0.25, 0.3) is 5.91 Å². The number of carbonyl (C=O) groups excluding carboxylic acids is 1. The third-order valence-electron chi connectivity index (χ3n) is 5.79. The van der Waals surface area contributed by atoms with Gasteiger partial charge in [-0.2, -0.15) is 5.10 Å². The normalized spacial score (nSPS) is 14.6. The van der Waals surface area contributed by atoms with E-state index >= 15 is 0 Å². The molecule has 0 radical (unpaired) electrons. The minimum absolute atomic E-state index is 0.0207. The van der Waals surface area contributed by atoms with Crippen LogP contribution in [0.3, 0.4) is 0 Å². The molecule has 7 heteroatoms. The summed E-state index contributed by atoms with van der Waals surface area (Å²) in [5.41, 5.74) is 4.11. The number of para-hydroxylation sites is 1. The number of ether oxygens (including phenoxy) is 1. The smallest absolute Gasteiger partial charge is 0.257 e.